The molecule has 1 aliphatic rings. The molecule has 2 atom stereocenters. The molecule has 0 bridgehead atoms. The molecule has 0 saturated carbocycles. The Morgan fingerprint density at radius 3 is 3.00 bits per heavy atom. The molecule has 1 aliphatic heterocycles. The van der Waals surface area contributed by atoms with Crippen LogP contribution in [0.3, 0.4) is 0 Å². The molecule has 7 heteroatoms. The second kappa shape index (κ2) is 6.57. The van der Waals surface area contributed by atoms with E-state index in [4.69, 9.17) is 4.74 Å². The fourth-order valence-electron chi connectivity index (χ4n) is 3.66. The first kappa shape index (κ1) is 16.8. The molecule has 0 aromatic carbocycles. The molecular formula is C19H23N5O2. The van der Waals surface area contributed by atoms with Gasteiger partial charge in [0.05, 0.1) is 24.3 Å². The molecule has 0 aliphatic carbocycles. The average Bonchev–Trinajstić information content (AvgIpc) is 3.33. The number of aromatic nitrogens is 4. The standard InChI is InChI=1S/C19H23N5O2/c1-11-12(2)23-19(22-11)16-8-14(26-3)10-24(16)17(25)7-13-9-21-18-15(13)5-4-6-20-18/h4-6,9,14,16H,7-8,10H2,1-3H3,(H,20,21)(H,22,23)/t14-,16+/m1/s1. The molecule has 1 saturated heterocycles. The summed E-state index contributed by atoms with van der Waals surface area (Å²) in [6.07, 6.45) is 4.72. The summed E-state index contributed by atoms with van der Waals surface area (Å²) < 4.78 is 5.53. The van der Waals surface area contributed by atoms with Crippen molar-refractivity contribution in [3.8, 4) is 0 Å². The summed E-state index contributed by atoms with van der Waals surface area (Å²) in [5.41, 5.74) is 3.77. The van der Waals surface area contributed by atoms with Gasteiger partial charge in [0.25, 0.3) is 0 Å². The number of hydrogen-bond donors (Lipinski definition) is 2. The van der Waals surface area contributed by atoms with Gasteiger partial charge in [-0.1, -0.05) is 0 Å². The Morgan fingerprint density at radius 1 is 1.42 bits per heavy atom. The van der Waals surface area contributed by atoms with Crippen LogP contribution in [0.5, 0.6) is 0 Å². The predicted octanol–water partition coefficient (Wildman–Crippen LogP) is 2.43. The van der Waals surface area contributed by atoms with E-state index < -0.39 is 0 Å². The fourth-order valence-corrected chi connectivity index (χ4v) is 3.66. The lowest BCUT2D eigenvalue weighted by Crippen LogP contribution is -2.33. The second-order valence-electron chi connectivity index (χ2n) is 6.88. The van der Waals surface area contributed by atoms with E-state index in [0.717, 1.165) is 40.2 Å². The van der Waals surface area contributed by atoms with Crippen molar-refractivity contribution in [2.45, 2.75) is 38.8 Å². The van der Waals surface area contributed by atoms with E-state index in [2.05, 4.69) is 19.9 Å². The lowest BCUT2D eigenvalue weighted by atomic mass is 10.1. The van der Waals surface area contributed by atoms with Gasteiger partial charge in [-0.3, -0.25) is 4.79 Å². The number of aryl methyl sites for hydroxylation is 2. The van der Waals surface area contributed by atoms with Gasteiger partial charge in [-0.15, -0.1) is 0 Å². The Hall–Kier alpha value is -2.67. The van der Waals surface area contributed by atoms with Gasteiger partial charge in [0.1, 0.15) is 11.5 Å². The van der Waals surface area contributed by atoms with Gasteiger partial charge in [0, 0.05) is 43.5 Å². The minimum absolute atomic E-state index is 0.0271. The van der Waals surface area contributed by atoms with Gasteiger partial charge in [0.15, 0.2) is 0 Å². The van der Waals surface area contributed by atoms with Gasteiger partial charge >= 0.3 is 0 Å². The number of nitrogens with one attached hydrogen (secondary N) is 2. The van der Waals surface area contributed by atoms with Gasteiger partial charge in [-0.25, -0.2) is 9.97 Å². The first-order valence-electron chi connectivity index (χ1n) is 8.83. The van der Waals surface area contributed by atoms with Crippen molar-refractivity contribution in [3.63, 3.8) is 0 Å². The summed E-state index contributed by atoms with van der Waals surface area (Å²) in [5, 5.41) is 0.990. The molecule has 4 heterocycles. The Labute approximate surface area is 151 Å². The number of imidazole rings is 1. The molecule has 7 nitrogen and oxygen atoms in total. The number of amides is 1. The van der Waals surface area contributed by atoms with Crippen LogP contribution in [0, 0.1) is 13.8 Å². The van der Waals surface area contributed by atoms with Gasteiger partial charge in [-0.05, 0) is 31.5 Å². The van der Waals surface area contributed by atoms with E-state index in [1.165, 1.54) is 0 Å². The fraction of sp³-hybridized carbons (Fsp3) is 0.421. The van der Waals surface area contributed by atoms with Crippen molar-refractivity contribution < 1.29 is 9.53 Å². The molecular weight excluding hydrogens is 330 g/mol. The maximum Gasteiger partial charge on any atom is 0.227 e. The minimum atomic E-state index is -0.0804. The molecule has 1 fully saturated rings. The summed E-state index contributed by atoms with van der Waals surface area (Å²) in [5.74, 6) is 0.916. The summed E-state index contributed by atoms with van der Waals surface area (Å²) in [6.45, 7) is 4.56. The zero-order chi connectivity index (χ0) is 18.3. The van der Waals surface area contributed by atoms with Crippen LogP contribution in [-0.4, -0.2) is 50.5 Å². The highest BCUT2D eigenvalue weighted by Crippen LogP contribution is 2.33. The highest BCUT2D eigenvalue weighted by atomic mass is 16.5. The Kier molecular flexibility index (Phi) is 4.24. The number of hydrogen-bond acceptors (Lipinski definition) is 4. The quantitative estimate of drug-likeness (QED) is 0.754. The Balaban J connectivity index is 1.60. The summed E-state index contributed by atoms with van der Waals surface area (Å²) in [7, 11) is 1.69. The maximum absolute atomic E-state index is 13.1. The molecule has 136 valence electrons. The third kappa shape index (κ3) is 2.88. The van der Waals surface area contributed by atoms with Crippen LogP contribution in [-0.2, 0) is 16.0 Å². The van der Waals surface area contributed by atoms with Crippen LogP contribution in [0.15, 0.2) is 24.5 Å². The number of pyridine rings is 1. The van der Waals surface area contributed by atoms with E-state index in [9.17, 15) is 4.79 Å². The molecule has 1 amide bonds. The van der Waals surface area contributed by atoms with Crippen molar-refractivity contribution in [1.29, 1.82) is 0 Å². The number of H-pyrrole nitrogens is 2. The predicted molar refractivity (Wildman–Crippen MR) is 97.7 cm³/mol. The number of ether oxygens (including phenoxy) is 1. The van der Waals surface area contributed by atoms with Gasteiger partial charge in [-0.2, -0.15) is 0 Å². The van der Waals surface area contributed by atoms with E-state index in [-0.39, 0.29) is 18.1 Å². The van der Waals surface area contributed by atoms with Gasteiger partial charge in [0.2, 0.25) is 5.91 Å². The number of fused-ring (bicyclic) bond motifs is 1. The summed E-state index contributed by atoms with van der Waals surface area (Å²) >= 11 is 0. The number of carbonyl (C=O) groups is 1. The lowest BCUT2D eigenvalue weighted by molar-refractivity contribution is -0.131. The van der Waals surface area contributed by atoms with Crippen LogP contribution in [0.1, 0.15) is 35.2 Å². The number of nitrogens with zero attached hydrogens (tertiary/aromatic N) is 3. The first-order chi connectivity index (χ1) is 12.6. The molecule has 0 radical (unpaired) electrons. The SMILES string of the molecule is CO[C@@H]1C[C@@H](c2nc(C)c(C)[nH]2)N(C(=O)Cc2c[nH]c3ncccc23)C1. The lowest BCUT2D eigenvalue weighted by Gasteiger charge is -2.23. The zero-order valence-electron chi connectivity index (χ0n) is 15.2. The largest absolute Gasteiger partial charge is 0.380 e. The molecule has 0 unspecified atom stereocenters. The van der Waals surface area contributed by atoms with Crippen molar-refractivity contribution in [3.05, 3.63) is 47.3 Å². The first-order valence-corrected chi connectivity index (χ1v) is 8.83. The van der Waals surface area contributed by atoms with Crippen LogP contribution < -0.4 is 0 Å². The molecule has 26 heavy (non-hydrogen) atoms. The smallest absolute Gasteiger partial charge is 0.227 e. The third-order valence-corrected chi connectivity index (χ3v) is 5.26. The molecule has 2 N–H and O–H groups in total. The third-order valence-electron chi connectivity index (χ3n) is 5.26. The normalized spacial score (nSPS) is 20.2. The van der Waals surface area contributed by atoms with Crippen molar-refractivity contribution in [2.75, 3.05) is 13.7 Å². The molecule has 3 aromatic rings. The summed E-state index contributed by atoms with van der Waals surface area (Å²) in [6, 6.07) is 3.79. The topological polar surface area (TPSA) is 86.9 Å². The molecule has 0 spiro atoms. The zero-order valence-corrected chi connectivity index (χ0v) is 15.2. The monoisotopic (exact) mass is 353 g/mol. The number of aromatic amines is 2. The van der Waals surface area contributed by atoms with Crippen LogP contribution in [0.4, 0.5) is 0 Å². The highest BCUT2D eigenvalue weighted by Gasteiger charge is 2.38. The Morgan fingerprint density at radius 2 is 2.27 bits per heavy atom. The van der Waals surface area contributed by atoms with Crippen molar-refractivity contribution >= 4 is 16.9 Å². The van der Waals surface area contributed by atoms with Crippen LogP contribution in [0.2, 0.25) is 0 Å². The van der Waals surface area contributed by atoms with Crippen LogP contribution >= 0.6 is 0 Å². The minimum Gasteiger partial charge on any atom is -0.380 e. The van der Waals surface area contributed by atoms with Gasteiger partial charge < -0.3 is 19.6 Å². The molecule has 3 aromatic heterocycles. The summed E-state index contributed by atoms with van der Waals surface area (Å²) in [4.78, 5) is 30.3. The maximum atomic E-state index is 13.1. The Bertz CT molecular complexity index is 925. The highest BCUT2D eigenvalue weighted by molar-refractivity contribution is 5.87. The van der Waals surface area contributed by atoms with Crippen molar-refractivity contribution in [2.24, 2.45) is 0 Å². The number of rotatable bonds is 4. The number of carbonyl (C=O) groups excluding carboxylic acids is 1. The van der Waals surface area contributed by atoms with Crippen molar-refractivity contribution in [1.82, 2.24) is 24.8 Å². The van der Waals surface area contributed by atoms with E-state index >= 15 is 0 Å². The number of methoxy groups -OCH3 is 1. The van der Waals surface area contributed by atoms with E-state index in [0.29, 0.717) is 13.0 Å². The van der Waals surface area contributed by atoms with E-state index in [1.807, 2.05) is 37.1 Å². The van der Waals surface area contributed by atoms with E-state index in [1.54, 1.807) is 13.3 Å². The van der Waals surface area contributed by atoms with Crippen LogP contribution in [0.25, 0.3) is 11.0 Å². The average molecular weight is 353 g/mol. The number of likely N-dealkylation sites (tertiary alicyclic amines) is 1. The second-order valence-corrected chi connectivity index (χ2v) is 6.88. The molecule has 4 rings (SSSR count).